The Labute approximate surface area is 188 Å². The van der Waals surface area contributed by atoms with E-state index >= 15 is 0 Å². The standard InChI is InChI=1S/C25H26N2O4S/c1-18(2)20-12-14-21(15-13-20)26-25(28)24-16-27(22-10-6-7-11-23(22)31-24)32(29,30)17-19-8-4-3-5-9-19/h3-15,18,24H,16-17H2,1-2H3,(H,26,28)/t24-/m1/s1. The maximum Gasteiger partial charge on any atom is 0.267 e. The summed E-state index contributed by atoms with van der Waals surface area (Å²) in [5.74, 6) is 0.205. The van der Waals surface area contributed by atoms with Crippen molar-refractivity contribution in [3.63, 3.8) is 0 Å². The second-order valence-corrected chi connectivity index (χ2v) is 10.0. The molecule has 32 heavy (non-hydrogen) atoms. The minimum Gasteiger partial charge on any atom is -0.476 e. The van der Waals surface area contributed by atoms with Crippen LogP contribution in [0.3, 0.4) is 0 Å². The zero-order valence-corrected chi connectivity index (χ0v) is 18.9. The van der Waals surface area contributed by atoms with E-state index in [-0.39, 0.29) is 12.3 Å². The van der Waals surface area contributed by atoms with E-state index in [1.165, 1.54) is 9.87 Å². The highest BCUT2D eigenvalue weighted by Gasteiger charge is 2.36. The number of rotatable bonds is 6. The Morgan fingerprint density at radius 3 is 2.34 bits per heavy atom. The zero-order valence-electron chi connectivity index (χ0n) is 18.1. The fourth-order valence-electron chi connectivity index (χ4n) is 3.64. The van der Waals surface area contributed by atoms with E-state index < -0.39 is 22.0 Å². The van der Waals surface area contributed by atoms with Gasteiger partial charge >= 0.3 is 0 Å². The van der Waals surface area contributed by atoms with Gasteiger partial charge in [0.15, 0.2) is 6.10 Å². The molecule has 1 atom stereocenters. The van der Waals surface area contributed by atoms with E-state index in [0.717, 1.165) is 0 Å². The van der Waals surface area contributed by atoms with Crippen LogP contribution in [0, 0.1) is 0 Å². The van der Waals surface area contributed by atoms with Gasteiger partial charge in [0.2, 0.25) is 10.0 Å². The number of para-hydroxylation sites is 2. The zero-order chi connectivity index (χ0) is 22.7. The molecule has 0 fully saturated rings. The van der Waals surface area contributed by atoms with Crippen LogP contribution in [0.1, 0.15) is 30.9 Å². The molecule has 0 spiro atoms. The van der Waals surface area contributed by atoms with E-state index in [0.29, 0.717) is 28.6 Å². The summed E-state index contributed by atoms with van der Waals surface area (Å²) in [6, 6.07) is 23.5. The van der Waals surface area contributed by atoms with Gasteiger partial charge in [0.05, 0.1) is 18.0 Å². The largest absolute Gasteiger partial charge is 0.476 e. The van der Waals surface area contributed by atoms with Crippen LogP contribution in [0.2, 0.25) is 0 Å². The third-order valence-corrected chi connectivity index (χ3v) is 7.12. The number of amides is 1. The molecule has 1 amide bonds. The molecule has 6 nitrogen and oxygen atoms in total. The first-order chi connectivity index (χ1) is 15.3. The van der Waals surface area contributed by atoms with Gasteiger partial charge in [-0.15, -0.1) is 0 Å². The summed E-state index contributed by atoms with van der Waals surface area (Å²) in [5, 5.41) is 2.84. The van der Waals surface area contributed by atoms with Crippen molar-refractivity contribution >= 4 is 27.3 Å². The fourth-order valence-corrected chi connectivity index (χ4v) is 5.22. The molecule has 0 saturated heterocycles. The molecule has 166 valence electrons. The second kappa shape index (κ2) is 9.04. The molecule has 4 rings (SSSR count). The van der Waals surface area contributed by atoms with Gasteiger partial charge in [-0.3, -0.25) is 9.10 Å². The number of nitrogens with zero attached hydrogens (tertiary/aromatic N) is 1. The Bertz CT molecular complexity index is 1190. The third kappa shape index (κ3) is 4.78. The monoisotopic (exact) mass is 450 g/mol. The lowest BCUT2D eigenvalue weighted by atomic mass is 10.0. The first kappa shape index (κ1) is 21.9. The Morgan fingerprint density at radius 1 is 1.00 bits per heavy atom. The highest BCUT2D eigenvalue weighted by atomic mass is 32.2. The van der Waals surface area contributed by atoms with Gasteiger partial charge < -0.3 is 10.1 Å². The molecule has 0 saturated carbocycles. The maximum atomic E-state index is 13.3. The summed E-state index contributed by atoms with van der Waals surface area (Å²) >= 11 is 0. The van der Waals surface area contributed by atoms with Gasteiger partial charge in [-0.25, -0.2) is 8.42 Å². The number of fused-ring (bicyclic) bond motifs is 1. The molecule has 7 heteroatoms. The lowest BCUT2D eigenvalue weighted by Gasteiger charge is -2.34. The molecule has 0 aromatic heterocycles. The van der Waals surface area contributed by atoms with Crippen LogP contribution < -0.4 is 14.4 Å². The summed E-state index contributed by atoms with van der Waals surface area (Å²) in [5.41, 5.74) is 2.93. The van der Waals surface area contributed by atoms with Crippen molar-refractivity contribution in [1.82, 2.24) is 0 Å². The Kier molecular flexibility index (Phi) is 6.19. The number of hydrogen-bond acceptors (Lipinski definition) is 4. The minimum atomic E-state index is -3.73. The van der Waals surface area contributed by atoms with Crippen LogP contribution in [0.25, 0.3) is 0 Å². The van der Waals surface area contributed by atoms with Crippen LogP contribution in [-0.2, 0) is 20.6 Å². The Balaban J connectivity index is 1.57. The van der Waals surface area contributed by atoms with Crippen LogP contribution >= 0.6 is 0 Å². The van der Waals surface area contributed by atoms with Crippen molar-refractivity contribution in [3.8, 4) is 5.75 Å². The molecule has 0 unspecified atom stereocenters. The summed E-state index contributed by atoms with van der Waals surface area (Å²) in [6.07, 6.45) is -0.972. The second-order valence-electron chi connectivity index (χ2n) is 8.11. The molecule has 1 N–H and O–H groups in total. The average Bonchev–Trinajstić information content (AvgIpc) is 2.79. The number of carbonyl (C=O) groups excluding carboxylic acids is 1. The van der Waals surface area contributed by atoms with E-state index in [1.807, 2.05) is 30.3 Å². The number of nitrogens with one attached hydrogen (secondary N) is 1. The van der Waals surface area contributed by atoms with Gasteiger partial charge in [-0.05, 0) is 41.3 Å². The average molecular weight is 451 g/mol. The van der Waals surface area contributed by atoms with Crippen molar-refractivity contribution in [2.75, 3.05) is 16.2 Å². The number of hydrogen-bond donors (Lipinski definition) is 1. The molecule has 1 aliphatic rings. The predicted octanol–water partition coefficient (Wildman–Crippen LogP) is 4.55. The lowest BCUT2D eigenvalue weighted by Crippen LogP contribution is -2.49. The SMILES string of the molecule is CC(C)c1ccc(NC(=O)[C@H]2CN(S(=O)(=O)Cc3ccccc3)c3ccccc3O2)cc1. The molecule has 0 radical (unpaired) electrons. The summed E-state index contributed by atoms with van der Waals surface area (Å²) < 4.78 is 33.7. The summed E-state index contributed by atoms with van der Waals surface area (Å²) in [4.78, 5) is 13.0. The normalized spacial score (nSPS) is 15.7. The number of ether oxygens (including phenoxy) is 1. The van der Waals surface area contributed by atoms with Gasteiger partial charge in [0.1, 0.15) is 5.75 Å². The van der Waals surface area contributed by atoms with Crippen LogP contribution in [0.15, 0.2) is 78.9 Å². The smallest absolute Gasteiger partial charge is 0.267 e. The molecule has 3 aromatic carbocycles. The quantitative estimate of drug-likeness (QED) is 0.598. The van der Waals surface area contributed by atoms with Gasteiger partial charge in [0, 0.05) is 5.69 Å². The molecule has 0 bridgehead atoms. The van der Waals surface area contributed by atoms with Crippen molar-refractivity contribution in [2.45, 2.75) is 31.6 Å². The highest BCUT2D eigenvalue weighted by Crippen LogP contribution is 2.36. The maximum absolute atomic E-state index is 13.3. The Hall–Kier alpha value is -3.32. The molecule has 0 aliphatic carbocycles. The molecule has 1 aliphatic heterocycles. The first-order valence-electron chi connectivity index (χ1n) is 10.5. The highest BCUT2D eigenvalue weighted by molar-refractivity contribution is 7.92. The van der Waals surface area contributed by atoms with E-state index in [4.69, 9.17) is 4.74 Å². The van der Waals surface area contributed by atoms with Crippen LogP contribution in [0.5, 0.6) is 5.75 Å². The molecule has 3 aromatic rings. The molecule has 1 heterocycles. The molecular weight excluding hydrogens is 424 g/mol. The molecular formula is C25H26N2O4S. The van der Waals surface area contributed by atoms with Crippen LogP contribution in [0.4, 0.5) is 11.4 Å². The summed E-state index contributed by atoms with van der Waals surface area (Å²) in [7, 11) is -3.73. The van der Waals surface area contributed by atoms with E-state index in [1.54, 1.807) is 48.5 Å². The van der Waals surface area contributed by atoms with Crippen molar-refractivity contribution in [2.24, 2.45) is 0 Å². The summed E-state index contributed by atoms with van der Waals surface area (Å²) in [6.45, 7) is 4.11. The number of carbonyl (C=O) groups is 1. The van der Waals surface area contributed by atoms with Gasteiger partial charge in [0.25, 0.3) is 5.91 Å². The fraction of sp³-hybridized carbons (Fsp3) is 0.240. The van der Waals surface area contributed by atoms with Gasteiger partial charge in [-0.2, -0.15) is 0 Å². The number of anilines is 2. The third-order valence-electron chi connectivity index (χ3n) is 5.40. The minimum absolute atomic E-state index is 0.0951. The number of benzene rings is 3. The van der Waals surface area contributed by atoms with E-state index in [2.05, 4.69) is 19.2 Å². The predicted molar refractivity (Wildman–Crippen MR) is 126 cm³/mol. The van der Waals surface area contributed by atoms with Crippen molar-refractivity contribution in [1.29, 1.82) is 0 Å². The first-order valence-corrected chi connectivity index (χ1v) is 12.2. The van der Waals surface area contributed by atoms with Gasteiger partial charge in [-0.1, -0.05) is 68.4 Å². The lowest BCUT2D eigenvalue weighted by molar-refractivity contribution is -0.122. The van der Waals surface area contributed by atoms with E-state index in [9.17, 15) is 13.2 Å². The van der Waals surface area contributed by atoms with Crippen molar-refractivity contribution < 1.29 is 17.9 Å². The Morgan fingerprint density at radius 2 is 1.66 bits per heavy atom. The van der Waals surface area contributed by atoms with Crippen molar-refractivity contribution in [3.05, 3.63) is 90.0 Å². The van der Waals surface area contributed by atoms with Crippen LogP contribution in [-0.4, -0.2) is 27.0 Å². The topological polar surface area (TPSA) is 75.7 Å². The number of sulfonamides is 1.